The summed E-state index contributed by atoms with van der Waals surface area (Å²) in [4.78, 5) is 14.4. The summed E-state index contributed by atoms with van der Waals surface area (Å²) < 4.78 is 5.65. The van der Waals surface area contributed by atoms with Crippen molar-refractivity contribution in [3.8, 4) is 62.9 Å². The predicted octanol–water partition coefficient (Wildman–Crippen LogP) is 8.54. The minimum Gasteiger partial charge on any atom is -0.508 e. The van der Waals surface area contributed by atoms with Crippen LogP contribution in [-0.4, -0.2) is 42.5 Å². The lowest BCUT2D eigenvalue weighted by Gasteiger charge is -2.20. The van der Waals surface area contributed by atoms with Crippen LogP contribution in [0.3, 0.4) is 0 Å². The van der Waals surface area contributed by atoms with Gasteiger partial charge in [-0.3, -0.25) is 0 Å². The maximum Gasteiger partial charge on any atom is 0.167 e. The number of aromatic nitrogens is 3. The number of hydrogen-bond donors (Lipinski definition) is 4. The molecule has 234 valence electrons. The first kappa shape index (κ1) is 31.6. The molecule has 0 saturated carbocycles. The normalized spacial score (nSPS) is 12.0. The zero-order valence-electron chi connectivity index (χ0n) is 26.8. The van der Waals surface area contributed by atoms with E-state index >= 15 is 0 Å². The number of unbranched alkanes of at least 4 members (excludes halogenated alkanes) is 1. The number of methoxy groups -OCH3 is 1. The van der Waals surface area contributed by atoms with Gasteiger partial charge in [-0.2, -0.15) is 0 Å². The van der Waals surface area contributed by atoms with Crippen LogP contribution in [0.1, 0.15) is 61.8 Å². The Morgan fingerprint density at radius 3 is 1.82 bits per heavy atom. The molecule has 5 rings (SSSR count). The molecule has 0 aliphatic rings. The number of phenols is 4. The largest absolute Gasteiger partial charge is 0.508 e. The average Bonchev–Trinajstić information content (AvgIpc) is 3.04. The van der Waals surface area contributed by atoms with Crippen molar-refractivity contribution in [3.05, 3.63) is 70.8 Å². The summed E-state index contributed by atoms with van der Waals surface area (Å²) in [6.45, 7) is 9.74. The molecule has 8 nitrogen and oxygen atoms in total. The number of fused-ring (bicyclic) bond motifs is 1. The second-order valence-corrected chi connectivity index (χ2v) is 11.8. The zero-order valence-corrected chi connectivity index (χ0v) is 26.8. The summed E-state index contributed by atoms with van der Waals surface area (Å²) in [5.41, 5.74) is 4.21. The van der Waals surface area contributed by atoms with E-state index in [4.69, 9.17) is 14.7 Å². The molecule has 4 aromatic carbocycles. The Labute approximate surface area is 264 Å². The van der Waals surface area contributed by atoms with Gasteiger partial charge in [0.25, 0.3) is 0 Å². The summed E-state index contributed by atoms with van der Waals surface area (Å²) >= 11 is 0. The van der Waals surface area contributed by atoms with Crippen molar-refractivity contribution in [2.45, 2.75) is 66.7 Å². The fourth-order valence-corrected chi connectivity index (χ4v) is 5.95. The molecule has 0 saturated heterocycles. The number of ether oxygens (including phenoxy) is 1. The Balaban J connectivity index is 1.81. The predicted molar refractivity (Wildman–Crippen MR) is 178 cm³/mol. The van der Waals surface area contributed by atoms with E-state index in [2.05, 4.69) is 31.0 Å². The summed E-state index contributed by atoms with van der Waals surface area (Å²) in [7, 11) is 1.64. The van der Waals surface area contributed by atoms with Crippen LogP contribution in [0.25, 0.3) is 44.9 Å². The summed E-state index contributed by atoms with van der Waals surface area (Å²) in [5, 5.41) is 44.5. The highest BCUT2D eigenvalue weighted by Gasteiger charge is 2.23. The summed E-state index contributed by atoms with van der Waals surface area (Å²) in [5.74, 6) is 1.56. The first-order valence-corrected chi connectivity index (χ1v) is 15.5. The lowest BCUT2D eigenvalue weighted by atomic mass is 9.87. The zero-order chi connectivity index (χ0) is 32.4. The van der Waals surface area contributed by atoms with E-state index < -0.39 is 0 Å². The van der Waals surface area contributed by atoms with E-state index in [1.165, 1.54) is 37.0 Å². The lowest BCUT2D eigenvalue weighted by molar-refractivity contribution is 0.415. The highest BCUT2D eigenvalue weighted by Crippen LogP contribution is 2.41. The second kappa shape index (κ2) is 13.0. The van der Waals surface area contributed by atoms with Crippen LogP contribution in [0.15, 0.2) is 48.5 Å². The lowest BCUT2D eigenvalue weighted by Crippen LogP contribution is -2.06. The van der Waals surface area contributed by atoms with Crippen LogP contribution >= 0.6 is 0 Å². The molecule has 1 aromatic heterocycles. The summed E-state index contributed by atoms with van der Waals surface area (Å²) in [6, 6.07) is 14.4. The molecule has 5 aromatic rings. The van der Waals surface area contributed by atoms with Gasteiger partial charge in [0.05, 0.1) is 18.2 Å². The Bertz CT molecular complexity index is 1810. The van der Waals surface area contributed by atoms with Gasteiger partial charge in [0.2, 0.25) is 0 Å². The number of rotatable bonds is 10. The van der Waals surface area contributed by atoms with Gasteiger partial charge >= 0.3 is 0 Å². The standard InChI is InChI=1S/C37H41N3O5/c1-7-9-10-23(8-2)18-24-17-20(3)32(29-19-25(45-6)11-12-26(24)29)37-39-35(27-13-15-30(41)21(4)33(27)43)38-36(40-37)28-14-16-31(42)22(5)34(28)44/h11-17,19,23,41-44H,7-10,18H2,1-6H3. The maximum atomic E-state index is 11.0. The van der Waals surface area contributed by atoms with Crippen LogP contribution in [0.2, 0.25) is 0 Å². The van der Waals surface area contributed by atoms with E-state index in [0.29, 0.717) is 39.7 Å². The third-order valence-electron chi connectivity index (χ3n) is 8.82. The molecule has 4 N–H and O–H groups in total. The molecule has 0 aliphatic heterocycles. The number of nitrogens with zero attached hydrogens (tertiary/aromatic N) is 3. The molecule has 1 unspecified atom stereocenters. The Hall–Kier alpha value is -4.85. The molecule has 8 heteroatoms. The van der Waals surface area contributed by atoms with Gasteiger partial charge in [0.1, 0.15) is 28.7 Å². The number of hydrogen-bond acceptors (Lipinski definition) is 8. The molecule has 45 heavy (non-hydrogen) atoms. The molecule has 0 spiro atoms. The van der Waals surface area contributed by atoms with Crippen molar-refractivity contribution in [2.75, 3.05) is 7.11 Å². The van der Waals surface area contributed by atoms with Gasteiger partial charge in [-0.15, -0.1) is 0 Å². The van der Waals surface area contributed by atoms with Crippen molar-refractivity contribution >= 4 is 10.8 Å². The topological polar surface area (TPSA) is 129 Å². The van der Waals surface area contributed by atoms with E-state index in [9.17, 15) is 20.4 Å². The monoisotopic (exact) mass is 607 g/mol. The molecule has 1 atom stereocenters. The van der Waals surface area contributed by atoms with Gasteiger partial charge in [0, 0.05) is 16.7 Å². The van der Waals surface area contributed by atoms with Gasteiger partial charge in [-0.05, 0) is 91.4 Å². The minimum absolute atomic E-state index is 0.0496. The fraction of sp³-hybridized carbons (Fsp3) is 0.324. The third kappa shape index (κ3) is 6.10. The van der Waals surface area contributed by atoms with Crippen LogP contribution in [0.5, 0.6) is 28.7 Å². The van der Waals surface area contributed by atoms with Gasteiger partial charge in [-0.1, -0.05) is 51.7 Å². The quantitative estimate of drug-likeness (QED) is 0.124. The highest BCUT2D eigenvalue weighted by atomic mass is 16.5. The van der Waals surface area contributed by atoms with Crippen molar-refractivity contribution in [3.63, 3.8) is 0 Å². The second-order valence-electron chi connectivity index (χ2n) is 11.8. The van der Waals surface area contributed by atoms with Gasteiger partial charge < -0.3 is 25.2 Å². The van der Waals surface area contributed by atoms with Crippen LogP contribution in [0, 0.1) is 26.7 Å². The molecule has 0 radical (unpaired) electrons. The first-order valence-electron chi connectivity index (χ1n) is 15.5. The maximum absolute atomic E-state index is 11.0. The van der Waals surface area contributed by atoms with Gasteiger partial charge in [0.15, 0.2) is 17.5 Å². The van der Waals surface area contributed by atoms with Gasteiger partial charge in [-0.25, -0.2) is 15.0 Å². The summed E-state index contributed by atoms with van der Waals surface area (Å²) in [6.07, 6.45) is 5.60. The van der Waals surface area contributed by atoms with Crippen LogP contribution in [-0.2, 0) is 6.42 Å². The molecule has 0 bridgehead atoms. The number of benzene rings is 4. The minimum atomic E-state index is -0.152. The fourth-order valence-electron chi connectivity index (χ4n) is 5.95. The van der Waals surface area contributed by atoms with Crippen molar-refractivity contribution in [1.29, 1.82) is 0 Å². The smallest absolute Gasteiger partial charge is 0.167 e. The van der Waals surface area contributed by atoms with Crippen molar-refractivity contribution < 1.29 is 25.2 Å². The van der Waals surface area contributed by atoms with Crippen LogP contribution in [0.4, 0.5) is 0 Å². The van der Waals surface area contributed by atoms with E-state index in [1.54, 1.807) is 33.1 Å². The van der Waals surface area contributed by atoms with Crippen LogP contribution < -0.4 is 4.74 Å². The first-order chi connectivity index (χ1) is 21.6. The van der Waals surface area contributed by atoms with E-state index in [-0.39, 0.29) is 34.6 Å². The average molecular weight is 608 g/mol. The molecular weight excluding hydrogens is 566 g/mol. The highest BCUT2D eigenvalue weighted by molar-refractivity contribution is 6.00. The molecule has 0 aliphatic carbocycles. The molecule has 1 heterocycles. The van der Waals surface area contributed by atoms with E-state index in [1.807, 2.05) is 19.1 Å². The Morgan fingerprint density at radius 2 is 1.29 bits per heavy atom. The Kier molecular flexibility index (Phi) is 9.14. The number of aryl methyl sites for hydroxylation is 1. The van der Waals surface area contributed by atoms with Crippen molar-refractivity contribution in [2.24, 2.45) is 5.92 Å². The van der Waals surface area contributed by atoms with E-state index in [0.717, 1.165) is 34.7 Å². The molecule has 0 amide bonds. The number of phenolic OH excluding ortho intramolecular Hbond substituents is 4. The Morgan fingerprint density at radius 1 is 0.711 bits per heavy atom. The molecule has 0 fully saturated rings. The SMILES string of the molecule is CCCCC(CC)Cc1cc(C)c(-c2nc(-c3ccc(O)c(C)c3O)nc(-c3ccc(O)c(C)c3O)n2)c2cc(OC)ccc12. The number of aromatic hydroxyl groups is 4. The molecular formula is C37H41N3O5. The third-order valence-corrected chi connectivity index (χ3v) is 8.82. The van der Waals surface area contributed by atoms with Crippen molar-refractivity contribution in [1.82, 2.24) is 15.0 Å².